The average Bonchev–Trinajstić information content (AvgIpc) is 2.97. The van der Waals surface area contributed by atoms with Crippen LogP contribution in [0.4, 0.5) is 4.79 Å². The minimum atomic E-state index is -1.45. The number of thioether (sulfide) groups is 1. The molecule has 6 unspecified atom stereocenters. The number of hydrogen-bond donors (Lipinski definition) is 1. The monoisotopic (exact) mass is 364 g/mol. The van der Waals surface area contributed by atoms with E-state index in [-0.39, 0.29) is 23.4 Å². The first-order chi connectivity index (χ1) is 11.6. The van der Waals surface area contributed by atoms with E-state index < -0.39 is 42.0 Å². The zero-order valence-corrected chi connectivity index (χ0v) is 14.6. The van der Waals surface area contributed by atoms with E-state index in [1.54, 1.807) is 6.92 Å². The molecule has 2 amide bonds. The number of carboxylic acid groups (broad SMARTS) is 2. The van der Waals surface area contributed by atoms with E-state index in [4.69, 9.17) is 7.85 Å². The number of rotatable bonds is 4. The Morgan fingerprint density at radius 3 is 2.52 bits per heavy atom. The Morgan fingerprint density at radius 2 is 2.04 bits per heavy atom. The summed E-state index contributed by atoms with van der Waals surface area (Å²) in [6.45, 7) is 3.43. The Kier molecular flexibility index (Phi) is 4.53. The maximum absolute atomic E-state index is 12.2. The number of carbonyl (C=O) groups excluding carboxylic acids is 3. The highest BCUT2D eigenvalue weighted by Crippen LogP contribution is 2.51. The lowest BCUT2D eigenvalue weighted by Gasteiger charge is -2.47. The number of carboxylic acids is 1. The maximum Gasteiger partial charge on any atom is 0.235 e. The van der Waals surface area contributed by atoms with Crippen LogP contribution in [0.2, 0.25) is 0 Å². The van der Waals surface area contributed by atoms with Crippen molar-refractivity contribution in [1.29, 1.82) is 0 Å². The smallest absolute Gasteiger partial charge is 0.235 e. The van der Waals surface area contributed by atoms with Gasteiger partial charge in [0.1, 0.15) is 6.09 Å². The average molecular weight is 364 g/mol. The van der Waals surface area contributed by atoms with Gasteiger partial charge in [0.25, 0.3) is 0 Å². The summed E-state index contributed by atoms with van der Waals surface area (Å²) < 4.78 is 0. The molecule has 25 heavy (non-hydrogen) atoms. The van der Waals surface area contributed by atoms with Gasteiger partial charge in [-0.05, 0) is 19.3 Å². The molecular formula is C15H17BN2O6S-2. The van der Waals surface area contributed by atoms with Crippen molar-refractivity contribution in [2.24, 2.45) is 11.8 Å². The number of carbonyl (C=O) groups is 3. The van der Waals surface area contributed by atoms with Crippen molar-refractivity contribution in [3.63, 3.8) is 0 Å². The summed E-state index contributed by atoms with van der Waals surface area (Å²) in [7, 11) is 5.77. The lowest BCUT2D eigenvalue weighted by Crippen LogP contribution is -2.64. The van der Waals surface area contributed by atoms with Crippen LogP contribution in [-0.4, -0.2) is 70.6 Å². The van der Waals surface area contributed by atoms with E-state index in [9.17, 15) is 29.7 Å². The fourth-order valence-electron chi connectivity index (χ4n) is 3.97. The van der Waals surface area contributed by atoms with Gasteiger partial charge in [0.05, 0.1) is 37.6 Å². The standard InChI is InChI=1S/C15H19BN2O6S/c1-5-10-9(6(2)19)13(20)18(10)11(14(21)22)12(5)25-7-3-8(16)17(4-7)15(23)24/h5-10,19H,3-4H2,1-2H3,(H,21,22)(H,23,24)/p-2. The van der Waals surface area contributed by atoms with E-state index >= 15 is 0 Å². The van der Waals surface area contributed by atoms with E-state index in [1.165, 1.54) is 23.6 Å². The third-order valence-corrected chi connectivity index (χ3v) is 6.63. The van der Waals surface area contributed by atoms with Crippen LogP contribution < -0.4 is 10.2 Å². The normalized spacial score (nSPS) is 35.6. The second kappa shape index (κ2) is 6.24. The Labute approximate surface area is 150 Å². The minimum absolute atomic E-state index is 0.128. The van der Waals surface area contributed by atoms with E-state index in [1.807, 2.05) is 0 Å². The highest BCUT2D eigenvalue weighted by Gasteiger charge is 2.59. The number of fused-ring (bicyclic) bond motifs is 1. The predicted octanol–water partition coefficient (Wildman–Crippen LogP) is -2.55. The molecule has 3 aliphatic rings. The first kappa shape index (κ1) is 18.1. The summed E-state index contributed by atoms with van der Waals surface area (Å²) in [6, 6.07) is -0.421. The molecule has 0 aromatic heterocycles. The molecule has 0 bridgehead atoms. The van der Waals surface area contributed by atoms with Crippen LogP contribution in [0.25, 0.3) is 0 Å². The van der Waals surface area contributed by atoms with Gasteiger partial charge >= 0.3 is 0 Å². The van der Waals surface area contributed by atoms with Crippen molar-refractivity contribution in [2.45, 2.75) is 43.6 Å². The first-order valence-electron chi connectivity index (χ1n) is 8.01. The Morgan fingerprint density at radius 1 is 1.40 bits per heavy atom. The molecule has 3 heterocycles. The van der Waals surface area contributed by atoms with Crippen LogP contribution in [0, 0.1) is 11.8 Å². The molecule has 134 valence electrons. The number of aliphatic hydroxyl groups is 1. The van der Waals surface area contributed by atoms with Gasteiger partial charge < -0.3 is 34.7 Å². The van der Waals surface area contributed by atoms with Gasteiger partial charge in [0, 0.05) is 22.6 Å². The molecule has 0 spiro atoms. The van der Waals surface area contributed by atoms with Crippen molar-refractivity contribution in [2.75, 3.05) is 6.54 Å². The van der Waals surface area contributed by atoms with Gasteiger partial charge in [-0.3, -0.25) is 4.79 Å². The highest BCUT2D eigenvalue weighted by molar-refractivity contribution is 8.03. The fourth-order valence-corrected chi connectivity index (χ4v) is 5.51. The van der Waals surface area contributed by atoms with Gasteiger partial charge in [0.2, 0.25) is 5.91 Å². The van der Waals surface area contributed by atoms with E-state index in [2.05, 4.69) is 0 Å². The molecule has 0 aromatic carbocycles. The molecule has 2 fully saturated rings. The van der Waals surface area contributed by atoms with Gasteiger partial charge in [-0.1, -0.05) is 6.92 Å². The maximum atomic E-state index is 12.2. The van der Waals surface area contributed by atoms with Crippen molar-refractivity contribution in [1.82, 2.24) is 9.80 Å². The Bertz CT molecular complexity index is 668. The molecule has 3 aliphatic heterocycles. The third kappa shape index (κ3) is 2.71. The van der Waals surface area contributed by atoms with Crippen molar-refractivity contribution in [3.8, 4) is 0 Å². The summed E-state index contributed by atoms with van der Waals surface area (Å²) in [5.41, 5.74) is -0.176. The number of likely N-dealkylation sites (tertiary alicyclic amines) is 1. The number of nitrogens with zero attached hydrogens (tertiary/aromatic N) is 2. The molecule has 2 radical (unpaired) electrons. The number of aliphatic carboxylic acids is 1. The summed E-state index contributed by atoms with van der Waals surface area (Å²) >= 11 is 1.22. The van der Waals surface area contributed by atoms with Gasteiger partial charge in [-0.25, -0.2) is 0 Å². The van der Waals surface area contributed by atoms with Crippen molar-refractivity contribution >= 4 is 37.6 Å². The molecule has 2 saturated heterocycles. The lowest BCUT2D eigenvalue weighted by atomic mass is 9.79. The SMILES string of the molecule is [B]C1CC(SC2=C(C(=O)[O-])N3C(=O)C(C(C)O)C3C2C)CN1C(=O)[O-]. The van der Waals surface area contributed by atoms with E-state index in [0.717, 1.165) is 4.90 Å². The van der Waals surface area contributed by atoms with Crippen LogP contribution in [0.3, 0.4) is 0 Å². The number of amides is 2. The van der Waals surface area contributed by atoms with Gasteiger partial charge in [-0.15, -0.1) is 11.8 Å². The summed E-state index contributed by atoms with van der Waals surface area (Å²) in [5, 5.41) is 32.2. The second-order valence-corrected chi connectivity index (χ2v) is 8.06. The summed E-state index contributed by atoms with van der Waals surface area (Å²) in [6.07, 6.45) is -1.89. The van der Waals surface area contributed by atoms with E-state index in [0.29, 0.717) is 11.3 Å². The van der Waals surface area contributed by atoms with Crippen molar-refractivity contribution in [3.05, 3.63) is 10.6 Å². The molecule has 0 aromatic rings. The molecule has 1 N–H and O–H groups in total. The topological polar surface area (TPSA) is 124 Å². The molecule has 0 saturated carbocycles. The molecule has 0 aliphatic carbocycles. The van der Waals surface area contributed by atoms with Crippen molar-refractivity contribution < 1.29 is 29.7 Å². The molecule has 6 atom stereocenters. The summed E-state index contributed by atoms with van der Waals surface area (Å²) in [5.74, 6) is -3.51. The van der Waals surface area contributed by atoms with Gasteiger partial charge in [0.15, 0.2) is 0 Å². The number of aliphatic hydroxyl groups excluding tert-OH is 1. The zero-order valence-electron chi connectivity index (χ0n) is 13.7. The van der Waals surface area contributed by atoms with Crippen LogP contribution in [0.15, 0.2) is 10.6 Å². The van der Waals surface area contributed by atoms with Crippen LogP contribution in [-0.2, 0) is 9.59 Å². The predicted molar refractivity (Wildman–Crippen MR) is 84.6 cm³/mol. The lowest BCUT2D eigenvalue weighted by molar-refractivity contribution is -0.301. The second-order valence-electron chi connectivity index (χ2n) is 6.72. The number of hydrogen-bond acceptors (Lipinski definition) is 7. The highest BCUT2D eigenvalue weighted by atomic mass is 32.2. The third-order valence-electron chi connectivity index (χ3n) is 5.14. The molecule has 8 nitrogen and oxygen atoms in total. The first-order valence-corrected chi connectivity index (χ1v) is 8.89. The Hall–Kier alpha value is -1.68. The quantitative estimate of drug-likeness (QED) is 0.430. The Balaban J connectivity index is 1.84. The largest absolute Gasteiger partial charge is 0.543 e. The minimum Gasteiger partial charge on any atom is -0.543 e. The summed E-state index contributed by atoms with van der Waals surface area (Å²) in [4.78, 5) is 37.5. The number of β-lactam (4-membered cyclic amide) rings is 1. The fraction of sp³-hybridized carbons (Fsp3) is 0.667. The molecule has 3 rings (SSSR count). The van der Waals surface area contributed by atoms with Crippen LogP contribution >= 0.6 is 11.8 Å². The van der Waals surface area contributed by atoms with Crippen LogP contribution in [0.5, 0.6) is 0 Å². The van der Waals surface area contributed by atoms with Gasteiger partial charge in [-0.2, -0.15) is 0 Å². The molecular weight excluding hydrogens is 347 g/mol. The van der Waals surface area contributed by atoms with Crippen LogP contribution in [0.1, 0.15) is 20.3 Å². The molecule has 10 heteroatoms. The zero-order chi connectivity index (χ0) is 18.6.